The van der Waals surface area contributed by atoms with Crippen molar-refractivity contribution in [2.45, 2.75) is 19.6 Å². The van der Waals surface area contributed by atoms with Crippen LogP contribution in [0, 0.1) is 11.6 Å². The van der Waals surface area contributed by atoms with E-state index in [4.69, 9.17) is 22.1 Å². The van der Waals surface area contributed by atoms with Gasteiger partial charge in [0.15, 0.2) is 0 Å². The molecular formula is C15H14ClF2NO. The summed E-state index contributed by atoms with van der Waals surface area (Å²) in [5.41, 5.74) is 6.75. The molecule has 0 saturated heterocycles. The van der Waals surface area contributed by atoms with Crippen LogP contribution in [0.1, 0.15) is 24.1 Å². The fourth-order valence-corrected chi connectivity index (χ4v) is 2.01. The lowest BCUT2D eigenvalue weighted by atomic mass is 10.1. The minimum atomic E-state index is -0.434. The van der Waals surface area contributed by atoms with Crippen molar-refractivity contribution in [2.75, 3.05) is 0 Å². The molecule has 0 heterocycles. The van der Waals surface area contributed by atoms with Crippen molar-refractivity contribution in [3.05, 3.63) is 64.2 Å². The number of hydrogen-bond acceptors (Lipinski definition) is 2. The molecule has 0 aromatic heterocycles. The van der Waals surface area contributed by atoms with E-state index in [0.717, 1.165) is 0 Å². The van der Waals surface area contributed by atoms with Crippen LogP contribution in [-0.2, 0) is 6.61 Å². The maximum atomic E-state index is 13.6. The molecule has 2 nitrogen and oxygen atoms in total. The van der Waals surface area contributed by atoms with Crippen LogP contribution in [-0.4, -0.2) is 0 Å². The lowest BCUT2D eigenvalue weighted by molar-refractivity contribution is 0.294. The van der Waals surface area contributed by atoms with Gasteiger partial charge < -0.3 is 10.5 Å². The predicted molar refractivity (Wildman–Crippen MR) is 74.7 cm³/mol. The monoisotopic (exact) mass is 297 g/mol. The van der Waals surface area contributed by atoms with Gasteiger partial charge in [0.1, 0.15) is 24.0 Å². The first-order chi connectivity index (χ1) is 9.47. The number of benzene rings is 2. The Kier molecular flexibility index (Phi) is 4.57. The highest BCUT2D eigenvalue weighted by atomic mass is 35.5. The summed E-state index contributed by atoms with van der Waals surface area (Å²) in [6.45, 7) is 1.72. The summed E-state index contributed by atoms with van der Waals surface area (Å²) in [6.07, 6.45) is 0. The lowest BCUT2D eigenvalue weighted by Crippen LogP contribution is -2.09. The van der Waals surface area contributed by atoms with Gasteiger partial charge in [-0.2, -0.15) is 0 Å². The van der Waals surface area contributed by atoms with Gasteiger partial charge >= 0.3 is 0 Å². The zero-order chi connectivity index (χ0) is 14.7. The molecule has 0 aliphatic carbocycles. The topological polar surface area (TPSA) is 35.2 Å². The molecule has 5 heteroatoms. The van der Waals surface area contributed by atoms with E-state index in [1.165, 1.54) is 30.3 Å². The standard InChI is InChI=1S/C15H14ClF2NO/c1-9(19)13-4-3-12(17)7-15(13)20-8-10-6-11(16)2-5-14(10)18/h2-7,9H,8,19H2,1H3/t9-/m1/s1. The molecule has 20 heavy (non-hydrogen) atoms. The van der Waals surface area contributed by atoms with E-state index in [0.29, 0.717) is 21.9 Å². The fraction of sp³-hybridized carbons (Fsp3) is 0.200. The highest BCUT2D eigenvalue weighted by Gasteiger charge is 2.11. The largest absolute Gasteiger partial charge is 0.488 e. The van der Waals surface area contributed by atoms with Gasteiger partial charge in [-0.25, -0.2) is 8.78 Å². The van der Waals surface area contributed by atoms with E-state index in [2.05, 4.69) is 0 Å². The van der Waals surface area contributed by atoms with Crippen molar-refractivity contribution < 1.29 is 13.5 Å². The molecule has 0 saturated carbocycles. The van der Waals surface area contributed by atoms with Crippen molar-refractivity contribution in [1.82, 2.24) is 0 Å². The maximum absolute atomic E-state index is 13.6. The summed E-state index contributed by atoms with van der Waals surface area (Å²) in [5.74, 6) is -0.552. The number of rotatable bonds is 4. The minimum Gasteiger partial charge on any atom is -0.488 e. The Morgan fingerprint density at radius 3 is 2.65 bits per heavy atom. The van der Waals surface area contributed by atoms with Gasteiger partial charge in [0.25, 0.3) is 0 Å². The average molecular weight is 298 g/mol. The Hall–Kier alpha value is -1.65. The molecular weight excluding hydrogens is 284 g/mol. The zero-order valence-electron chi connectivity index (χ0n) is 10.9. The van der Waals surface area contributed by atoms with Gasteiger partial charge in [-0.15, -0.1) is 0 Å². The first kappa shape index (κ1) is 14.8. The van der Waals surface area contributed by atoms with Crippen LogP contribution >= 0.6 is 11.6 Å². The summed E-state index contributed by atoms with van der Waals surface area (Å²) < 4.78 is 32.3. The third kappa shape index (κ3) is 3.46. The van der Waals surface area contributed by atoms with E-state index >= 15 is 0 Å². The van der Waals surface area contributed by atoms with Gasteiger partial charge in [0, 0.05) is 28.3 Å². The van der Waals surface area contributed by atoms with Gasteiger partial charge in [0.2, 0.25) is 0 Å². The highest BCUT2D eigenvalue weighted by molar-refractivity contribution is 6.30. The third-order valence-electron chi connectivity index (χ3n) is 2.86. The molecule has 2 N–H and O–H groups in total. The van der Waals surface area contributed by atoms with E-state index in [1.807, 2.05) is 0 Å². The average Bonchev–Trinajstić information content (AvgIpc) is 2.39. The molecule has 2 rings (SSSR count). The Bertz CT molecular complexity index is 617. The fourth-order valence-electron chi connectivity index (χ4n) is 1.82. The molecule has 0 aliphatic heterocycles. The predicted octanol–water partition coefficient (Wildman–Crippen LogP) is 4.22. The molecule has 0 spiro atoms. The van der Waals surface area contributed by atoms with Crippen molar-refractivity contribution in [2.24, 2.45) is 5.73 Å². The Morgan fingerprint density at radius 2 is 1.95 bits per heavy atom. The van der Waals surface area contributed by atoms with Crippen molar-refractivity contribution in [3.8, 4) is 5.75 Å². The van der Waals surface area contributed by atoms with E-state index in [9.17, 15) is 8.78 Å². The van der Waals surface area contributed by atoms with Gasteiger partial charge in [-0.1, -0.05) is 17.7 Å². The first-order valence-electron chi connectivity index (χ1n) is 6.09. The summed E-state index contributed by atoms with van der Waals surface area (Å²) in [7, 11) is 0. The molecule has 0 radical (unpaired) electrons. The zero-order valence-corrected chi connectivity index (χ0v) is 11.6. The number of nitrogens with two attached hydrogens (primary N) is 1. The molecule has 2 aromatic rings. The molecule has 0 unspecified atom stereocenters. The Balaban J connectivity index is 2.22. The summed E-state index contributed by atoms with van der Waals surface area (Å²) in [6, 6.07) is 7.99. The second kappa shape index (κ2) is 6.20. The summed E-state index contributed by atoms with van der Waals surface area (Å²) in [4.78, 5) is 0. The van der Waals surface area contributed by atoms with Crippen LogP contribution < -0.4 is 10.5 Å². The maximum Gasteiger partial charge on any atom is 0.129 e. The molecule has 1 atom stereocenters. The lowest BCUT2D eigenvalue weighted by Gasteiger charge is -2.14. The number of ether oxygens (including phenoxy) is 1. The Labute approximate surface area is 121 Å². The van der Waals surface area contributed by atoms with Gasteiger partial charge in [0.05, 0.1) is 0 Å². The molecule has 0 aliphatic rings. The molecule has 0 amide bonds. The summed E-state index contributed by atoms with van der Waals surface area (Å²) >= 11 is 5.80. The molecule has 2 aromatic carbocycles. The summed E-state index contributed by atoms with van der Waals surface area (Å²) in [5, 5.41) is 0.414. The molecule has 0 bridgehead atoms. The molecule has 106 valence electrons. The first-order valence-corrected chi connectivity index (χ1v) is 6.47. The highest BCUT2D eigenvalue weighted by Crippen LogP contribution is 2.26. The SMILES string of the molecule is C[C@@H](N)c1ccc(F)cc1OCc1cc(Cl)ccc1F. The second-order valence-electron chi connectivity index (χ2n) is 4.50. The van der Waals surface area contributed by atoms with Crippen LogP contribution in [0.4, 0.5) is 8.78 Å². The van der Waals surface area contributed by atoms with Gasteiger partial charge in [-0.05, 0) is 31.2 Å². The number of hydrogen-bond donors (Lipinski definition) is 1. The van der Waals surface area contributed by atoms with Crippen molar-refractivity contribution in [1.29, 1.82) is 0 Å². The van der Waals surface area contributed by atoms with E-state index < -0.39 is 11.6 Å². The quantitative estimate of drug-likeness (QED) is 0.917. The smallest absolute Gasteiger partial charge is 0.129 e. The van der Waals surface area contributed by atoms with Crippen molar-refractivity contribution >= 4 is 11.6 Å². The minimum absolute atomic E-state index is 0.0461. The van der Waals surface area contributed by atoms with Crippen LogP contribution in [0.2, 0.25) is 5.02 Å². The normalized spacial score (nSPS) is 12.2. The number of halogens is 3. The van der Waals surface area contributed by atoms with E-state index in [1.54, 1.807) is 13.0 Å². The van der Waals surface area contributed by atoms with Gasteiger partial charge in [-0.3, -0.25) is 0 Å². The van der Waals surface area contributed by atoms with Crippen LogP contribution in [0.25, 0.3) is 0 Å². The van der Waals surface area contributed by atoms with Crippen LogP contribution in [0.3, 0.4) is 0 Å². The Morgan fingerprint density at radius 1 is 1.20 bits per heavy atom. The van der Waals surface area contributed by atoms with Crippen LogP contribution in [0.15, 0.2) is 36.4 Å². The van der Waals surface area contributed by atoms with Crippen LogP contribution in [0.5, 0.6) is 5.75 Å². The third-order valence-corrected chi connectivity index (χ3v) is 3.09. The molecule has 0 fully saturated rings. The second-order valence-corrected chi connectivity index (χ2v) is 4.93. The van der Waals surface area contributed by atoms with Crippen molar-refractivity contribution in [3.63, 3.8) is 0 Å². The van der Waals surface area contributed by atoms with E-state index in [-0.39, 0.29) is 12.6 Å².